The van der Waals surface area contributed by atoms with Crippen LogP contribution in [-0.4, -0.2) is 20.0 Å². The van der Waals surface area contributed by atoms with Crippen molar-refractivity contribution in [3.8, 4) is 10.6 Å². The van der Waals surface area contributed by atoms with Crippen LogP contribution in [0.2, 0.25) is 0 Å². The lowest BCUT2D eigenvalue weighted by atomic mass is 10.2. The van der Waals surface area contributed by atoms with Crippen LogP contribution in [0, 0.1) is 0 Å². The minimum Gasteiger partial charge on any atom is -0.378 e. The van der Waals surface area contributed by atoms with Gasteiger partial charge >= 0.3 is 0 Å². The van der Waals surface area contributed by atoms with Crippen LogP contribution in [0.3, 0.4) is 0 Å². The highest BCUT2D eigenvalue weighted by Crippen LogP contribution is 2.26. The second-order valence-corrected chi connectivity index (χ2v) is 5.85. The molecule has 0 aliphatic rings. The average molecular weight is 287 g/mol. The molecule has 0 unspecified atom stereocenters. The molecule has 0 saturated heterocycles. The number of nitrogens with one attached hydrogen (secondary N) is 2. The van der Waals surface area contributed by atoms with E-state index in [0.717, 1.165) is 23.5 Å². The van der Waals surface area contributed by atoms with E-state index in [0.29, 0.717) is 6.04 Å². The normalized spacial score (nSPS) is 11.2. The SMILES string of the molecule is CC(C)n1cc(NCc2cn[nH]c2-c2cccs2)cn1. The topological polar surface area (TPSA) is 58.5 Å². The third kappa shape index (κ3) is 2.60. The lowest BCUT2D eigenvalue weighted by Gasteiger charge is -2.05. The van der Waals surface area contributed by atoms with Crippen molar-refractivity contribution in [2.24, 2.45) is 0 Å². The molecule has 6 heteroatoms. The van der Waals surface area contributed by atoms with Crippen LogP contribution in [0.4, 0.5) is 5.69 Å². The predicted octanol–water partition coefficient (Wildman–Crippen LogP) is 3.53. The average Bonchev–Trinajstić information content (AvgIpc) is 3.17. The summed E-state index contributed by atoms with van der Waals surface area (Å²) in [6.07, 6.45) is 5.75. The van der Waals surface area contributed by atoms with Crippen LogP contribution in [0.25, 0.3) is 10.6 Å². The van der Waals surface area contributed by atoms with Crippen molar-refractivity contribution in [2.75, 3.05) is 5.32 Å². The molecule has 0 spiro atoms. The largest absolute Gasteiger partial charge is 0.378 e. The molecular formula is C14H17N5S. The van der Waals surface area contributed by atoms with Crippen molar-refractivity contribution in [2.45, 2.75) is 26.4 Å². The highest BCUT2D eigenvalue weighted by Gasteiger charge is 2.09. The van der Waals surface area contributed by atoms with Crippen LogP contribution in [0.15, 0.2) is 36.1 Å². The smallest absolute Gasteiger partial charge is 0.0799 e. The third-order valence-electron chi connectivity index (χ3n) is 3.10. The predicted molar refractivity (Wildman–Crippen MR) is 81.8 cm³/mol. The molecule has 0 aliphatic heterocycles. The van der Waals surface area contributed by atoms with E-state index in [1.807, 2.05) is 29.3 Å². The number of aromatic nitrogens is 4. The third-order valence-corrected chi connectivity index (χ3v) is 3.99. The number of H-pyrrole nitrogens is 1. The standard InChI is InChI=1S/C14H17N5S/c1-10(2)19-9-12(8-17-19)15-6-11-7-16-18-14(11)13-4-3-5-20-13/h3-5,7-10,15H,6H2,1-2H3,(H,16,18). The van der Waals surface area contributed by atoms with E-state index in [9.17, 15) is 0 Å². The zero-order valence-electron chi connectivity index (χ0n) is 11.5. The van der Waals surface area contributed by atoms with Gasteiger partial charge in [-0.25, -0.2) is 0 Å². The summed E-state index contributed by atoms with van der Waals surface area (Å²) in [5.74, 6) is 0. The monoisotopic (exact) mass is 287 g/mol. The van der Waals surface area contributed by atoms with Gasteiger partial charge in [0.25, 0.3) is 0 Å². The Bertz CT molecular complexity index is 665. The van der Waals surface area contributed by atoms with Crippen LogP contribution < -0.4 is 5.32 Å². The molecule has 0 fully saturated rings. The van der Waals surface area contributed by atoms with E-state index in [1.54, 1.807) is 11.3 Å². The van der Waals surface area contributed by atoms with Gasteiger partial charge < -0.3 is 5.32 Å². The first-order valence-electron chi connectivity index (χ1n) is 6.58. The molecule has 3 aromatic rings. The van der Waals surface area contributed by atoms with Crippen molar-refractivity contribution in [3.63, 3.8) is 0 Å². The molecule has 0 atom stereocenters. The van der Waals surface area contributed by atoms with Crippen molar-refractivity contribution in [1.29, 1.82) is 0 Å². The first-order chi connectivity index (χ1) is 9.74. The molecule has 0 amide bonds. The fourth-order valence-corrected chi connectivity index (χ4v) is 2.74. The molecule has 0 aromatic carbocycles. The fourth-order valence-electron chi connectivity index (χ4n) is 1.99. The Balaban J connectivity index is 1.71. The quantitative estimate of drug-likeness (QED) is 0.754. The summed E-state index contributed by atoms with van der Waals surface area (Å²) in [6.45, 7) is 4.96. The van der Waals surface area contributed by atoms with Crippen molar-refractivity contribution < 1.29 is 0 Å². The Hall–Kier alpha value is -2.08. The van der Waals surface area contributed by atoms with Gasteiger partial charge in [-0.1, -0.05) is 6.07 Å². The van der Waals surface area contributed by atoms with Crippen molar-refractivity contribution >= 4 is 17.0 Å². The van der Waals surface area contributed by atoms with Crippen molar-refractivity contribution in [3.05, 3.63) is 41.7 Å². The minimum atomic E-state index is 0.376. The molecular weight excluding hydrogens is 270 g/mol. The van der Waals surface area contributed by atoms with Gasteiger partial charge in [-0.2, -0.15) is 10.2 Å². The van der Waals surface area contributed by atoms with Crippen LogP contribution >= 0.6 is 11.3 Å². The fraction of sp³-hybridized carbons (Fsp3) is 0.286. The summed E-state index contributed by atoms with van der Waals surface area (Å²) >= 11 is 1.71. The summed E-state index contributed by atoms with van der Waals surface area (Å²) in [5.41, 5.74) is 3.27. The number of rotatable bonds is 5. The minimum absolute atomic E-state index is 0.376. The molecule has 0 bridgehead atoms. The maximum atomic E-state index is 4.32. The molecule has 5 nitrogen and oxygen atoms in total. The van der Waals surface area contributed by atoms with Gasteiger partial charge in [0.05, 0.1) is 28.7 Å². The zero-order valence-corrected chi connectivity index (χ0v) is 12.3. The highest BCUT2D eigenvalue weighted by molar-refractivity contribution is 7.13. The Kier molecular flexibility index (Phi) is 3.56. The van der Waals surface area contributed by atoms with Gasteiger partial charge in [0, 0.05) is 24.3 Å². The van der Waals surface area contributed by atoms with Crippen LogP contribution in [0.1, 0.15) is 25.5 Å². The van der Waals surface area contributed by atoms with Crippen molar-refractivity contribution in [1.82, 2.24) is 20.0 Å². The maximum Gasteiger partial charge on any atom is 0.0799 e. The molecule has 3 aromatic heterocycles. The molecule has 104 valence electrons. The Morgan fingerprint density at radius 1 is 1.40 bits per heavy atom. The van der Waals surface area contributed by atoms with Gasteiger partial charge in [0.15, 0.2) is 0 Å². The second kappa shape index (κ2) is 5.50. The van der Waals surface area contributed by atoms with Gasteiger partial charge in [-0.3, -0.25) is 9.78 Å². The number of anilines is 1. The maximum absolute atomic E-state index is 4.32. The lowest BCUT2D eigenvalue weighted by molar-refractivity contribution is 0.532. The number of hydrogen-bond donors (Lipinski definition) is 2. The lowest BCUT2D eigenvalue weighted by Crippen LogP contribution is -2.01. The molecule has 0 aliphatic carbocycles. The Morgan fingerprint density at radius 3 is 3.00 bits per heavy atom. The van der Waals surface area contributed by atoms with Gasteiger partial charge in [0.2, 0.25) is 0 Å². The number of nitrogens with zero attached hydrogens (tertiary/aromatic N) is 3. The second-order valence-electron chi connectivity index (χ2n) is 4.90. The van der Waals surface area contributed by atoms with E-state index < -0.39 is 0 Å². The van der Waals surface area contributed by atoms with Crippen LogP contribution in [0.5, 0.6) is 0 Å². The van der Waals surface area contributed by atoms with Gasteiger partial charge in [-0.15, -0.1) is 11.3 Å². The molecule has 3 heterocycles. The summed E-state index contributed by atoms with van der Waals surface area (Å²) < 4.78 is 1.94. The van der Waals surface area contributed by atoms with Gasteiger partial charge in [-0.05, 0) is 25.3 Å². The first kappa shape index (κ1) is 12.9. The Labute approximate surface area is 121 Å². The first-order valence-corrected chi connectivity index (χ1v) is 7.46. The van der Waals surface area contributed by atoms with Gasteiger partial charge in [0.1, 0.15) is 0 Å². The molecule has 2 N–H and O–H groups in total. The molecule has 0 radical (unpaired) electrons. The zero-order chi connectivity index (χ0) is 13.9. The van der Waals surface area contributed by atoms with Crippen LogP contribution in [-0.2, 0) is 6.54 Å². The summed E-state index contributed by atoms with van der Waals surface area (Å²) in [5, 5.41) is 17.0. The highest BCUT2D eigenvalue weighted by atomic mass is 32.1. The summed E-state index contributed by atoms with van der Waals surface area (Å²) in [7, 11) is 0. The van der Waals surface area contributed by atoms with E-state index in [-0.39, 0.29) is 0 Å². The molecule has 0 saturated carbocycles. The molecule has 20 heavy (non-hydrogen) atoms. The van der Waals surface area contributed by atoms with E-state index >= 15 is 0 Å². The summed E-state index contributed by atoms with van der Waals surface area (Å²) in [4.78, 5) is 1.21. The van der Waals surface area contributed by atoms with E-state index in [4.69, 9.17) is 0 Å². The van der Waals surface area contributed by atoms with E-state index in [2.05, 4.69) is 45.9 Å². The molecule has 3 rings (SSSR count). The van der Waals surface area contributed by atoms with E-state index in [1.165, 1.54) is 4.88 Å². The number of thiophene rings is 1. The number of aromatic amines is 1. The Morgan fingerprint density at radius 2 is 2.30 bits per heavy atom. The number of hydrogen-bond acceptors (Lipinski definition) is 4. The summed E-state index contributed by atoms with van der Waals surface area (Å²) in [6, 6.07) is 4.52.